The third kappa shape index (κ3) is 3.64. The predicted octanol–water partition coefficient (Wildman–Crippen LogP) is 6.41. The summed E-state index contributed by atoms with van der Waals surface area (Å²) in [5.74, 6) is 0. The molecule has 5 aliphatic rings. The van der Waals surface area contributed by atoms with Gasteiger partial charge in [0, 0.05) is 21.2 Å². The summed E-state index contributed by atoms with van der Waals surface area (Å²) in [6.45, 7) is 0. The first-order valence-corrected chi connectivity index (χ1v) is 10.8. The van der Waals surface area contributed by atoms with Gasteiger partial charge in [-0.3, -0.25) is 0 Å². The summed E-state index contributed by atoms with van der Waals surface area (Å²) in [6, 6.07) is 5.48. The molecule has 0 aliphatic carbocycles. The smallest absolute Gasteiger partial charge is 0.0738 e. The normalized spacial score (nSPS) is 20.2. The molecule has 0 aromatic heterocycles. The molecule has 0 saturated carbocycles. The van der Waals surface area contributed by atoms with Crippen molar-refractivity contribution in [2.75, 3.05) is 0 Å². The molecule has 0 atom stereocenters. The van der Waals surface area contributed by atoms with Gasteiger partial charge in [0.15, 0.2) is 0 Å². The molecule has 4 nitrogen and oxygen atoms in total. The maximum absolute atomic E-state index is 6.52. The topological polar surface area (TPSA) is 49.4 Å². The van der Waals surface area contributed by atoms with Gasteiger partial charge in [-0.15, -0.1) is 0 Å². The molecule has 0 spiro atoms. The number of halogens is 2. The van der Waals surface area contributed by atoms with Gasteiger partial charge < -0.3 is 0 Å². The second kappa shape index (κ2) is 7.52. The standard InChI is InChI=1S/C26H14Cl2N4/c27-15-1-8-23(25(28)9-15)24-13-22-12-20-5-4-18(30-20)10-16-2-3-17(29-16)11-19-6-7-21(31-19)14-26(24)32-22/h1-14H. The van der Waals surface area contributed by atoms with Crippen molar-refractivity contribution in [1.82, 2.24) is 0 Å². The van der Waals surface area contributed by atoms with Gasteiger partial charge in [-0.25, -0.2) is 20.0 Å². The third-order valence-electron chi connectivity index (χ3n) is 5.26. The van der Waals surface area contributed by atoms with Crippen LogP contribution in [0.4, 0.5) is 0 Å². The summed E-state index contributed by atoms with van der Waals surface area (Å²) in [6.07, 6.45) is 21.7. The lowest BCUT2D eigenvalue weighted by atomic mass is 10.0. The van der Waals surface area contributed by atoms with Crippen molar-refractivity contribution < 1.29 is 0 Å². The molecular formula is C26H14Cl2N4. The zero-order chi connectivity index (χ0) is 21.7. The van der Waals surface area contributed by atoms with E-state index in [-0.39, 0.29) is 0 Å². The van der Waals surface area contributed by atoms with Crippen molar-refractivity contribution in [3.63, 3.8) is 0 Å². The van der Waals surface area contributed by atoms with E-state index in [1.165, 1.54) is 0 Å². The fraction of sp³-hybridized carbons (Fsp3) is 0. The van der Waals surface area contributed by atoms with Crippen LogP contribution >= 0.6 is 23.2 Å². The van der Waals surface area contributed by atoms with Gasteiger partial charge in [-0.05, 0) is 79.0 Å². The number of aliphatic imine (C=N–C) groups is 4. The molecule has 0 fully saturated rings. The Balaban J connectivity index is 1.52. The van der Waals surface area contributed by atoms with E-state index in [0.29, 0.717) is 10.0 Å². The molecule has 0 amide bonds. The monoisotopic (exact) mass is 452 g/mol. The van der Waals surface area contributed by atoms with Crippen molar-refractivity contribution in [2.24, 2.45) is 20.0 Å². The molecule has 1 aromatic rings. The highest BCUT2D eigenvalue weighted by atomic mass is 35.5. The highest BCUT2D eigenvalue weighted by molar-refractivity contribution is 6.40. The van der Waals surface area contributed by atoms with E-state index in [4.69, 9.17) is 33.2 Å². The quantitative estimate of drug-likeness (QED) is 0.472. The van der Waals surface area contributed by atoms with E-state index < -0.39 is 0 Å². The average Bonchev–Trinajstić information content (AvgIpc) is 3.53. The first kappa shape index (κ1) is 19.1. The molecule has 32 heavy (non-hydrogen) atoms. The summed E-state index contributed by atoms with van der Waals surface area (Å²) in [5, 5.41) is 1.16. The minimum Gasteiger partial charge on any atom is -0.249 e. The van der Waals surface area contributed by atoms with E-state index in [1.54, 1.807) is 6.07 Å². The number of nitrogens with zero attached hydrogens (tertiary/aromatic N) is 4. The zero-order valence-electron chi connectivity index (χ0n) is 16.6. The molecular weight excluding hydrogens is 439 g/mol. The van der Waals surface area contributed by atoms with E-state index in [9.17, 15) is 0 Å². The van der Waals surface area contributed by atoms with E-state index >= 15 is 0 Å². The van der Waals surface area contributed by atoms with Gasteiger partial charge >= 0.3 is 0 Å². The van der Waals surface area contributed by atoms with Crippen molar-refractivity contribution in [2.45, 2.75) is 0 Å². The largest absolute Gasteiger partial charge is 0.249 e. The van der Waals surface area contributed by atoms with Gasteiger partial charge in [0.05, 0.1) is 45.6 Å². The lowest BCUT2D eigenvalue weighted by Gasteiger charge is -2.07. The first-order valence-electron chi connectivity index (χ1n) is 10.0. The Morgan fingerprint density at radius 3 is 1.69 bits per heavy atom. The van der Waals surface area contributed by atoms with Crippen molar-refractivity contribution in [1.29, 1.82) is 0 Å². The Morgan fingerprint density at radius 2 is 1.09 bits per heavy atom. The minimum atomic E-state index is 0.572. The minimum absolute atomic E-state index is 0.572. The number of hydrogen-bond acceptors (Lipinski definition) is 4. The number of hydrogen-bond donors (Lipinski definition) is 0. The summed E-state index contributed by atoms with van der Waals surface area (Å²) >= 11 is 12.6. The number of fused-ring (bicyclic) bond motifs is 4. The van der Waals surface area contributed by atoms with Crippen LogP contribution in [0.25, 0.3) is 5.57 Å². The van der Waals surface area contributed by atoms with Crippen LogP contribution in [0.1, 0.15) is 5.56 Å². The first-order chi connectivity index (χ1) is 15.6. The van der Waals surface area contributed by atoms with Crippen LogP contribution < -0.4 is 0 Å². The predicted molar refractivity (Wildman–Crippen MR) is 134 cm³/mol. The number of allylic oxidation sites excluding steroid dienone is 12. The zero-order valence-corrected chi connectivity index (χ0v) is 18.1. The Bertz CT molecular complexity index is 1460. The van der Waals surface area contributed by atoms with Gasteiger partial charge in [-0.2, -0.15) is 0 Å². The van der Waals surface area contributed by atoms with Crippen molar-refractivity contribution in [3.05, 3.63) is 123 Å². The molecule has 152 valence electrons. The summed E-state index contributed by atoms with van der Waals surface area (Å²) in [4.78, 5) is 18.9. The highest BCUT2D eigenvalue weighted by Gasteiger charge is 2.20. The van der Waals surface area contributed by atoms with Crippen LogP contribution in [0.3, 0.4) is 0 Å². The molecule has 5 aliphatic heterocycles. The lowest BCUT2D eigenvalue weighted by Crippen LogP contribution is -1.97. The van der Waals surface area contributed by atoms with E-state index in [1.807, 2.05) is 79.0 Å². The van der Waals surface area contributed by atoms with Crippen LogP contribution in [-0.4, -0.2) is 22.8 Å². The molecule has 6 heteroatoms. The second-order valence-corrected chi connectivity index (χ2v) is 8.41. The Hall–Kier alpha value is -3.60. The summed E-state index contributed by atoms with van der Waals surface area (Å²) < 4.78 is 0. The van der Waals surface area contributed by atoms with Gasteiger partial charge in [0.1, 0.15) is 0 Å². The van der Waals surface area contributed by atoms with Crippen LogP contribution in [-0.2, 0) is 0 Å². The fourth-order valence-electron chi connectivity index (χ4n) is 3.82. The molecule has 1 aromatic carbocycles. The average molecular weight is 453 g/mol. The highest BCUT2D eigenvalue weighted by Crippen LogP contribution is 2.34. The molecule has 6 rings (SSSR count). The Kier molecular flexibility index (Phi) is 4.49. The van der Waals surface area contributed by atoms with Gasteiger partial charge in [0.2, 0.25) is 0 Å². The van der Waals surface area contributed by atoms with E-state index in [2.05, 4.69) is 9.98 Å². The van der Waals surface area contributed by atoms with Crippen LogP contribution in [0, 0.1) is 0 Å². The molecule has 0 radical (unpaired) electrons. The Labute approximate surface area is 194 Å². The van der Waals surface area contributed by atoms with E-state index in [0.717, 1.165) is 56.8 Å². The number of benzene rings is 1. The summed E-state index contributed by atoms with van der Waals surface area (Å²) in [7, 11) is 0. The number of rotatable bonds is 1. The van der Waals surface area contributed by atoms with Crippen molar-refractivity contribution >= 4 is 51.6 Å². The molecule has 0 N–H and O–H groups in total. The maximum atomic E-state index is 6.52. The summed E-state index contributed by atoms with van der Waals surface area (Å²) in [5.41, 5.74) is 8.39. The lowest BCUT2D eigenvalue weighted by molar-refractivity contribution is 1.41. The maximum Gasteiger partial charge on any atom is 0.0738 e. The molecule has 0 saturated heterocycles. The second-order valence-electron chi connectivity index (χ2n) is 7.57. The van der Waals surface area contributed by atoms with Gasteiger partial charge in [0.25, 0.3) is 0 Å². The third-order valence-corrected chi connectivity index (χ3v) is 5.81. The van der Waals surface area contributed by atoms with Crippen molar-refractivity contribution in [3.8, 4) is 0 Å². The molecule has 8 bridgehead atoms. The fourth-order valence-corrected chi connectivity index (χ4v) is 4.33. The molecule has 0 unspecified atom stereocenters. The van der Waals surface area contributed by atoms with Gasteiger partial charge in [-0.1, -0.05) is 29.3 Å². The SMILES string of the molecule is Clc1ccc(C2=CC3=CC4=NC(=CC5=NC(=CC6=NC(=CC2=N3)C=C6)C=C5)C=C4)c(Cl)c1. The Morgan fingerprint density at radius 1 is 0.531 bits per heavy atom. The van der Waals surface area contributed by atoms with Crippen LogP contribution in [0.15, 0.2) is 128 Å². The van der Waals surface area contributed by atoms with Crippen LogP contribution in [0.5, 0.6) is 0 Å². The van der Waals surface area contributed by atoms with Crippen LogP contribution in [0.2, 0.25) is 10.0 Å². The molecule has 5 heterocycles.